The van der Waals surface area contributed by atoms with Crippen LogP contribution < -0.4 is 16.3 Å². The van der Waals surface area contributed by atoms with Crippen LogP contribution >= 0.6 is 0 Å². The summed E-state index contributed by atoms with van der Waals surface area (Å²) >= 11 is 0. The summed E-state index contributed by atoms with van der Waals surface area (Å²) in [5.41, 5.74) is 11.0. The minimum absolute atomic E-state index is 0.0607. The Hall–Kier alpha value is -2.62. The summed E-state index contributed by atoms with van der Waals surface area (Å²) < 4.78 is 1.66. The highest BCUT2D eigenvalue weighted by atomic mass is 16.1. The Morgan fingerprint density at radius 3 is 2.61 bits per heavy atom. The molecule has 2 aromatic heterocycles. The number of benzene rings is 1. The van der Waals surface area contributed by atoms with Crippen LogP contribution in [0.2, 0.25) is 0 Å². The van der Waals surface area contributed by atoms with Gasteiger partial charge < -0.3 is 5.73 Å². The van der Waals surface area contributed by atoms with Crippen LogP contribution in [0, 0.1) is 0 Å². The number of para-hydroxylation sites is 1. The second-order valence-corrected chi connectivity index (χ2v) is 6.17. The van der Waals surface area contributed by atoms with Crippen molar-refractivity contribution in [3.63, 3.8) is 0 Å². The summed E-state index contributed by atoms with van der Waals surface area (Å²) in [6.45, 7) is 0. The SMILES string of the molecule is Nc1c2c([nH+]c3ccn(-c4ccccc4)c(=O)c13)CCCCC2. The van der Waals surface area contributed by atoms with Gasteiger partial charge in [0.05, 0.1) is 5.69 Å². The minimum Gasteiger partial charge on any atom is -0.397 e. The highest BCUT2D eigenvalue weighted by molar-refractivity contribution is 5.89. The molecular weight excluding hydrogens is 286 g/mol. The van der Waals surface area contributed by atoms with E-state index in [4.69, 9.17) is 5.73 Å². The molecule has 0 aliphatic heterocycles. The van der Waals surface area contributed by atoms with Gasteiger partial charge in [-0.2, -0.15) is 0 Å². The maximum absolute atomic E-state index is 13.0. The van der Waals surface area contributed by atoms with Crippen molar-refractivity contribution in [2.45, 2.75) is 32.1 Å². The zero-order valence-electron chi connectivity index (χ0n) is 13.0. The van der Waals surface area contributed by atoms with Gasteiger partial charge in [0.25, 0.3) is 5.56 Å². The van der Waals surface area contributed by atoms with E-state index in [1.54, 1.807) is 4.57 Å². The Balaban J connectivity index is 2.00. The molecule has 0 radical (unpaired) electrons. The molecule has 1 aromatic carbocycles. The summed E-state index contributed by atoms with van der Waals surface area (Å²) in [5, 5.41) is 0.608. The first-order chi connectivity index (χ1) is 11.3. The van der Waals surface area contributed by atoms with E-state index in [1.165, 1.54) is 18.5 Å². The van der Waals surface area contributed by atoms with Crippen molar-refractivity contribution in [2.24, 2.45) is 0 Å². The van der Waals surface area contributed by atoms with E-state index in [9.17, 15) is 4.79 Å². The van der Waals surface area contributed by atoms with Crippen LogP contribution in [0.4, 0.5) is 5.69 Å². The smallest absolute Gasteiger partial charge is 0.271 e. The second-order valence-electron chi connectivity index (χ2n) is 6.17. The molecule has 4 heteroatoms. The van der Waals surface area contributed by atoms with Crippen molar-refractivity contribution in [1.82, 2.24) is 4.57 Å². The molecular formula is C19H20N3O+. The number of aromatic amines is 1. The van der Waals surface area contributed by atoms with Crippen LogP contribution in [0.1, 0.15) is 30.5 Å². The zero-order chi connectivity index (χ0) is 15.8. The predicted octanol–water partition coefficient (Wildman–Crippen LogP) is 2.66. The molecule has 0 fully saturated rings. The van der Waals surface area contributed by atoms with Crippen LogP contribution in [-0.2, 0) is 12.8 Å². The van der Waals surface area contributed by atoms with E-state index in [-0.39, 0.29) is 5.56 Å². The average Bonchev–Trinajstić information content (AvgIpc) is 2.81. The highest BCUT2D eigenvalue weighted by Crippen LogP contribution is 2.26. The number of nitrogen functional groups attached to an aromatic ring is 1. The van der Waals surface area contributed by atoms with Gasteiger partial charge in [-0.3, -0.25) is 9.36 Å². The van der Waals surface area contributed by atoms with Gasteiger partial charge in [-0.1, -0.05) is 24.6 Å². The van der Waals surface area contributed by atoms with E-state index in [0.29, 0.717) is 11.1 Å². The van der Waals surface area contributed by atoms with Crippen LogP contribution in [0.15, 0.2) is 47.4 Å². The number of nitrogens with two attached hydrogens (primary N) is 1. The van der Waals surface area contributed by atoms with E-state index >= 15 is 0 Å². The Morgan fingerprint density at radius 2 is 1.78 bits per heavy atom. The molecule has 0 saturated carbocycles. The molecule has 0 spiro atoms. The third-order valence-corrected chi connectivity index (χ3v) is 4.72. The number of fused-ring (bicyclic) bond motifs is 2. The average molecular weight is 306 g/mol. The molecule has 0 amide bonds. The van der Waals surface area contributed by atoms with Gasteiger partial charge >= 0.3 is 0 Å². The predicted molar refractivity (Wildman–Crippen MR) is 91.8 cm³/mol. The number of H-pyrrole nitrogens is 1. The van der Waals surface area contributed by atoms with E-state index in [1.807, 2.05) is 42.6 Å². The lowest BCUT2D eigenvalue weighted by molar-refractivity contribution is -0.358. The highest BCUT2D eigenvalue weighted by Gasteiger charge is 2.22. The molecule has 0 saturated heterocycles. The second kappa shape index (κ2) is 5.54. The fourth-order valence-corrected chi connectivity index (χ4v) is 3.52. The van der Waals surface area contributed by atoms with Crippen LogP contribution in [0.5, 0.6) is 0 Å². The van der Waals surface area contributed by atoms with E-state index < -0.39 is 0 Å². The minimum atomic E-state index is -0.0607. The van der Waals surface area contributed by atoms with Crippen molar-refractivity contribution >= 4 is 16.6 Å². The largest absolute Gasteiger partial charge is 0.397 e. The third-order valence-electron chi connectivity index (χ3n) is 4.72. The van der Waals surface area contributed by atoms with Gasteiger partial charge in [0.15, 0.2) is 5.69 Å². The Bertz CT molecular complexity index is 929. The Morgan fingerprint density at radius 1 is 1.00 bits per heavy atom. The fraction of sp³-hybridized carbons (Fsp3) is 0.263. The topological polar surface area (TPSA) is 62.2 Å². The molecule has 2 heterocycles. The fourth-order valence-electron chi connectivity index (χ4n) is 3.52. The van der Waals surface area contributed by atoms with E-state index in [2.05, 4.69) is 4.98 Å². The monoisotopic (exact) mass is 306 g/mol. The maximum Gasteiger partial charge on any atom is 0.271 e. The molecule has 3 aromatic rings. The van der Waals surface area contributed by atoms with Gasteiger partial charge in [-0.25, -0.2) is 4.98 Å². The summed E-state index contributed by atoms with van der Waals surface area (Å²) in [6.07, 6.45) is 7.31. The molecule has 3 N–H and O–H groups in total. The summed E-state index contributed by atoms with van der Waals surface area (Å²) in [4.78, 5) is 16.4. The van der Waals surface area contributed by atoms with Crippen molar-refractivity contribution in [1.29, 1.82) is 0 Å². The number of pyridine rings is 2. The molecule has 0 bridgehead atoms. The maximum atomic E-state index is 13.0. The van der Waals surface area contributed by atoms with Crippen molar-refractivity contribution < 1.29 is 4.98 Å². The lowest BCUT2D eigenvalue weighted by Gasteiger charge is -2.10. The lowest BCUT2D eigenvalue weighted by Crippen LogP contribution is -2.25. The number of hydrogen-bond acceptors (Lipinski definition) is 2. The number of aromatic nitrogens is 2. The number of nitrogens with zero attached hydrogens (tertiary/aromatic N) is 1. The van der Waals surface area contributed by atoms with Crippen LogP contribution in [0.3, 0.4) is 0 Å². The molecule has 1 aliphatic carbocycles. The standard InChI is InChI=1S/C19H19N3O/c20-18-14-9-5-2-6-10-15(14)21-16-11-12-22(19(23)17(16)18)13-7-3-1-4-8-13/h1,3-4,7-8,11-12H,2,5-6,9-10H2,(H2,20,21)/p+1. The number of aryl methyl sites for hydroxylation is 1. The first kappa shape index (κ1) is 14.0. The van der Waals surface area contributed by atoms with Crippen molar-refractivity contribution in [3.05, 3.63) is 64.2 Å². The normalized spacial score (nSPS) is 14.4. The third kappa shape index (κ3) is 2.31. The lowest BCUT2D eigenvalue weighted by atomic mass is 10.0. The number of rotatable bonds is 1. The van der Waals surface area contributed by atoms with Crippen molar-refractivity contribution in [3.8, 4) is 5.69 Å². The molecule has 116 valence electrons. The first-order valence-electron chi connectivity index (χ1n) is 8.19. The Labute approximate surface area is 134 Å². The summed E-state index contributed by atoms with van der Waals surface area (Å²) in [7, 11) is 0. The molecule has 1 aliphatic rings. The van der Waals surface area contributed by atoms with Crippen molar-refractivity contribution in [2.75, 3.05) is 5.73 Å². The number of hydrogen-bond donors (Lipinski definition) is 1. The molecule has 4 nitrogen and oxygen atoms in total. The van der Waals surface area contributed by atoms with Gasteiger partial charge in [0.1, 0.15) is 5.39 Å². The summed E-state index contributed by atoms with van der Waals surface area (Å²) in [6, 6.07) is 11.6. The molecule has 0 unspecified atom stereocenters. The van der Waals surface area contributed by atoms with Crippen LogP contribution in [0.25, 0.3) is 16.6 Å². The van der Waals surface area contributed by atoms with E-state index in [0.717, 1.165) is 36.0 Å². The van der Waals surface area contributed by atoms with Crippen LogP contribution in [-0.4, -0.2) is 4.57 Å². The molecule has 4 rings (SSSR count). The zero-order valence-corrected chi connectivity index (χ0v) is 13.0. The number of anilines is 1. The van der Waals surface area contributed by atoms with Gasteiger partial charge in [-0.05, 0) is 31.4 Å². The Kier molecular flexibility index (Phi) is 3.37. The quantitative estimate of drug-likeness (QED) is 0.703. The molecule has 23 heavy (non-hydrogen) atoms. The first-order valence-corrected chi connectivity index (χ1v) is 8.19. The van der Waals surface area contributed by atoms with Gasteiger partial charge in [-0.15, -0.1) is 0 Å². The molecule has 0 atom stereocenters. The number of nitrogens with one attached hydrogen (secondary N) is 1. The van der Waals surface area contributed by atoms with Gasteiger partial charge in [0, 0.05) is 29.9 Å². The summed E-state index contributed by atoms with van der Waals surface area (Å²) in [5.74, 6) is 0. The van der Waals surface area contributed by atoms with Gasteiger partial charge in [0.2, 0.25) is 5.52 Å².